The Bertz CT molecular complexity index is 181. The summed E-state index contributed by atoms with van der Waals surface area (Å²) in [6, 6.07) is 8.05. The van der Waals surface area contributed by atoms with Crippen LogP contribution in [0.4, 0.5) is 0 Å². The Morgan fingerprint density at radius 1 is 1.22 bits per heavy atom. The van der Waals surface area contributed by atoms with E-state index >= 15 is 0 Å². The Morgan fingerprint density at radius 2 is 1.78 bits per heavy atom. The van der Waals surface area contributed by atoms with Gasteiger partial charge in [-0.05, 0) is 0 Å². The molecule has 1 nitrogen and oxygen atoms in total. The fraction of sp³-hybridized carbons (Fsp3) is 0.143. The van der Waals surface area contributed by atoms with Gasteiger partial charge in [-0.2, -0.15) is 0 Å². The normalized spacial score (nSPS) is 9.11. The summed E-state index contributed by atoms with van der Waals surface area (Å²) in [5.74, 6) is 0.967. The van der Waals surface area contributed by atoms with Gasteiger partial charge in [0, 0.05) is 0 Å². The van der Waals surface area contributed by atoms with Gasteiger partial charge in [-0.25, -0.2) is 0 Å². The van der Waals surface area contributed by atoms with E-state index in [1.165, 1.54) is 5.56 Å². The summed E-state index contributed by atoms with van der Waals surface area (Å²) in [6.07, 6.45) is 0. The fourth-order valence-electron chi connectivity index (χ4n) is 0.599. The van der Waals surface area contributed by atoms with Gasteiger partial charge in [0.25, 0.3) is 0 Å². The van der Waals surface area contributed by atoms with Gasteiger partial charge >= 0.3 is 70.5 Å². The van der Waals surface area contributed by atoms with Crippen molar-refractivity contribution in [3.63, 3.8) is 0 Å². The van der Waals surface area contributed by atoms with E-state index in [4.69, 9.17) is 2.81 Å². The number of hydrogen-bond donors (Lipinski definition) is 0. The van der Waals surface area contributed by atoms with E-state index < -0.39 is 0 Å². The Hall–Kier alpha value is -0.0969. The molecule has 0 spiro atoms. The van der Waals surface area contributed by atoms with E-state index in [1.807, 2.05) is 24.3 Å². The third kappa shape index (κ3) is 1.94. The monoisotopic (exact) mass is 316 g/mol. The second-order valence-electron chi connectivity index (χ2n) is 1.90. The van der Waals surface area contributed by atoms with Gasteiger partial charge in [-0.3, -0.25) is 0 Å². The summed E-state index contributed by atoms with van der Waals surface area (Å²) in [5.41, 5.74) is 1.27. The van der Waals surface area contributed by atoms with Gasteiger partial charge < -0.3 is 0 Å². The van der Waals surface area contributed by atoms with E-state index in [0.717, 1.165) is 30.9 Å². The maximum absolute atomic E-state index is 5.08. The van der Waals surface area contributed by atoms with Crippen LogP contribution in [0.5, 0.6) is 5.75 Å². The molecule has 0 aliphatic carbocycles. The summed E-state index contributed by atoms with van der Waals surface area (Å²) in [7, 11) is 0. The molecule has 1 aromatic rings. The SMILES string of the molecule is Cc1ccc([O][Bi])cc1. The van der Waals surface area contributed by atoms with E-state index in [0.29, 0.717) is 0 Å². The topological polar surface area (TPSA) is 9.23 Å². The molecule has 0 amide bonds. The Kier molecular flexibility index (Phi) is 2.47. The molecule has 46 valence electrons. The first kappa shape index (κ1) is 7.02. The third-order valence-electron chi connectivity index (χ3n) is 1.13. The van der Waals surface area contributed by atoms with Crippen LogP contribution in [-0.2, 0) is 0 Å². The van der Waals surface area contributed by atoms with Crippen molar-refractivity contribution in [2.75, 3.05) is 0 Å². The third-order valence-corrected chi connectivity index (χ3v) is 1.95. The first-order chi connectivity index (χ1) is 4.33. The van der Waals surface area contributed by atoms with Gasteiger partial charge in [-0.15, -0.1) is 0 Å². The predicted molar refractivity (Wildman–Crippen MR) is 37.6 cm³/mol. The second kappa shape index (κ2) is 3.17. The molecule has 0 atom stereocenters. The quantitative estimate of drug-likeness (QED) is 0.713. The molecule has 0 fully saturated rings. The molecule has 1 aromatic carbocycles. The van der Waals surface area contributed by atoms with Crippen molar-refractivity contribution in [2.45, 2.75) is 6.92 Å². The fourth-order valence-corrected chi connectivity index (χ4v) is 1.07. The van der Waals surface area contributed by atoms with Crippen LogP contribution in [0.1, 0.15) is 5.56 Å². The van der Waals surface area contributed by atoms with Gasteiger partial charge in [0.05, 0.1) is 0 Å². The van der Waals surface area contributed by atoms with E-state index in [2.05, 4.69) is 6.92 Å². The van der Waals surface area contributed by atoms with Crippen LogP contribution in [0.15, 0.2) is 24.3 Å². The van der Waals surface area contributed by atoms with Crippen molar-refractivity contribution in [3.8, 4) is 5.75 Å². The summed E-state index contributed by atoms with van der Waals surface area (Å²) in [4.78, 5) is 0. The van der Waals surface area contributed by atoms with E-state index in [1.54, 1.807) is 0 Å². The molecule has 0 saturated heterocycles. The van der Waals surface area contributed by atoms with Crippen molar-refractivity contribution in [3.05, 3.63) is 29.8 Å². The van der Waals surface area contributed by atoms with Crippen LogP contribution in [0.25, 0.3) is 0 Å². The zero-order valence-corrected chi connectivity index (χ0v) is 8.64. The van der Waals surface area contributed by atoms with E-state index in [9.17, 15) is 0 Å². The molecule has 9 heavy (non-hydrogen) atoms. The van der Waals surface area contributed by atoms with Crippen LogP contribution in [-0.4, -0.2) is 25.2 Å². The number of hydrogen-bond acceptors (Lipinski definition) is 1. The molecule has 0 unspecified atom stereocenters. The first-order valence-corrected chi connectivity index (χ1v) is 4.13. The molecule has 0 saturated carbocycles. The number of rotatable bonds is 1. The van der Waals surface area contributed by atoms with Crippen molar-refractivity contribution in [1.29, 1.82) is 0 Å². The Labute approximate surface area is 70.5 Å². The first-order valence-electron chi connectivity index (χ1n) is 2.71. The number of benzene rings is 1. The average Bonchev–Trinajstić information content (AvgIpc) is 1.90. The molecular weight excluding hydrogens is 309 g/mol. The molecule has 0 bridgehead atoms. The van der Waals surface area contributed by atoms with Crippen LogP contribution in [0.3, 0.4) is 0 Å². The van der Waals surface area contributed by atoms with Crippen LogP contribution in [0.2, 0.25) is 0 Å². The molecule has 1 rings (SSSR count). The summed E-state index contributed by atoms with van der Waals surface area (Å²) >= 11 is 0.954. The van der Waals surface area contributed by atoms with Crippen molar-refractivity contribution < 1.29 is 2.81 Å². The van der Waals surface area contributed by atoms with Gasteiger partial charge in [0.1, 0.15) is 0 Å². The average molecular weight is 316 g/mol. The molecule has 0 aromatic heterocycles. The standard InChI is InChI=1S/C7H8O.Bi/c1-6-2-4-7(8)5-3-6;/h2-5,8H,1H3;/q;+1/p-1. The summed E-state index contributed by atoms with van der Waals surface area (Å²) in [6.45, 7) is 2.06. The van der Waals surface area contributed by atoms with Crippen molar-refractivity contribution in [1.82, 2.24) is 0 Å². The van der Waals surface area contributed by atoms with Crippen LogP contribution >= 0.6 is 0 Å². The Balaban J connectivity index is 2.88. The molecule has 0 aliphatic rings. The minimum atomic E-state index is 0.954. The van der Waals surface area contributed by atoms with Gasteiger partial charge in [0.2, 0.25) is 0 Å². The number of aryl methyl sites for hydroxylation is 1. The molecule has 2 radical (unpaired) electrons. The van der Waals surface area contributed by atoms with Gasteiger partial charge in [-0.1, -0.05) is 0 Å². The van der Waals surface area contributed by atoms with Crippen molar-refractivity contribution >= 4 is 25.2 Å². The van der Waals surface area contributed by atoms with E-state index in [-0.39, 0.29) is 0 Å². The molecule has 0 aliphatic heterocycles. The minimum absolute atomic E-state index is 0.954. The predicted octanol–water partition coefficient (Wildman–Crippen LogP) is 1.46. The van der Waals surface area contributed by atoms with Crippen LogP contribution < -0.4 is 2.81 Å². The zero-order valence-electron chi connectivity index (χ0n) is 5.16. The molecule has 2 heteroatoms. The van der Waals surface area contributed by atoms with Gasteiger partial charge in [0.15, 0.2) is 0 Å². The molecule has 0 N–H and O–H groups in total. The molecular formula is C7H7BiO. The summed E-state index contributed by atoms with van der Waals surface area (Å²) < 4.78 is 5.08. The molecule has 0 heterocycles. The summed E-state index contributed by atoms with van der Waals surface area (Å²) in [5, 5.41) is 0. The second-order valence-corrected chi connectivity index (χ2v) is 2.61. The Morgan fingerprint density at radius 3 is 2.22 bits per heavy atom. The zero-order chi connectivity index (χ0) is 6.69. The van der Waals surface area contributed by atoms with Crippen molar-refractivity contribution in [2.24, 2.45) is 0 Å². The maximum atomic E-state index is 5.08. The van der Waals surface area contributed by atoms with Crippen LogP contribution in [0, 0.1) is 6.92 Å².